The standard InChI is InChI=1S/C10H21Cl.C10H10N2/c1-2-3-4-5-6-7-8-9-10-11;1-7-6-9(11)8-4-2-3-5-10(8)12-7/h2-10H2,1H3;2-6H,1H3,(H2,11,12). The van der Waals surface area contributed by atoms with Gasteiger partial charge in [0.25, 0.3) is 0 Å². The first-order chi connectivity index (χ1) is 11.2. The van der Waals surface area contributed by atoms with Crippen molar-refractivity contribution in [3.05, 3.63) is 36.0 Å². The highest BCUT2D eigenvalue weighted by Gasteiger charge is 1.98. The molecule has 2 N–H and O–H groups in total. The van der Waals surface area contributed by atoms with E-state index in [1.54, 1.807) is 0 Å². The van der Waals surface area contributed by atoms with Gasteiger partial charge in [-0.15, -0.1) is 11.6 Å². The summed E-state index contributed by atoms with van der Waals surface area (Å²) in [6, 6.07) is 9.78. The molecule has 0 aliphatic heterocycles. The highest BCUT2D eigenvalue weighted by molar-refractivity contribution is 6.17. The number of nitrogens with zero attached hydrogens (tertiary/aromatic N) is 1. The molecule has 1 heterocycles. The largest absolute Gasteiger partial charge is 0.398 e. The van der Waals surface area contributed by atoms with Crippen LogP contribution in [0.4, 0.5) is 5.69 Å². The van der Waals surface area contributed by atoms with Gasteiger partial charge in [-0.25, -0.2) is 0 Å². The number of alkyl halides is 1. The van der Waals surface area contributed by atoms with Crippen LogP contribution in [0.1, 0.15) is 64.0 Å². The number of rotatable bonds is 8. The summed E-state index contributed by atoms with van der Waals surface area (Å²) in [6.07, 6.45) is 10.9. The first-order valence-electron chi connectivity index (χ1n) is 8.86. The van der Waals surface area contributed by atoms with E-state index in [0.29, 0.717) is 0 Å². The Kier molecular flexibility index (Phi) is 10.5. The fourth-order valence-corrected chi connectivity index (χ4v) is 2.76. The Balaban J connectivity index is 0.000000232. The van der Waals surface area contributed by atoms with Crippen LogP contribution in [0, 0.1) is 6.92 Å². The summed E-state index contributed by atoms with van der Waals surface area (Å²) in [5.74, 6) is 0.842. The third-order valence-electron chi connectivity index (χ3n) is 3.86. The fraction of sp³-hybridized carbons (Fsp3) is 0.550. The molecular formula is C20H31ClN2. The van der Waals surface area contributed by atoms with E-state index in [9.17, 15) is 0 Å². The van der Waals surface area contributed by atoms with Crippen molar-refractivity contribution in [3.63, 3.8) is 0 Å². The molecule has 3 heteroatoms. The lowest BCUT2D eigenvalue weighted by molar-refractivity contribution is 0.586. The number of hydrogen-bond acceptors (Lipinski definition) is 2. The number of nitrogen functional groups attached to an aromatic ring is 1. The number of halogens is 1. The Labute approximate surface area is 146 Å². The van der Waals surface area contributed by atoms with Crippen molar-refractivity contribution in [1.29, 1.82) is 0 Å². The van der Waals surface area contributed by atoms with E-state index in [1.165, 1.54) is 51.4 Å². The normalized spacial score (nSPS) is 10.4. The molecule has 2 rings (SSSR count). The minimum atomic E-state index is 0.804. The molecule has 2 nitrogen and oxygen atoms in total. The Hall–Kier alpha value is -1.28. The number of para-hydroxylation sites is 1. The molecule has 0 aliphatic rings. The molecule has 128 valence electrons. The lowest BCUT2D eigenvalue weighted by Crippen LogP contribution is -1.91. The summed E-state index contributed by atoms with van der Waals surface area (Å²) in [6.45, 7) is 4.20. The van der Waals surface area contributed by atoms with Crippen molar-refractivity contribution < 1.29 is 0 Å². The minimum absolute atomic E-state index is 0.804. The third kappa shape index (κ3) is 8.22. The molecule has 0 bridgehead atoms. The summed E-state index contributed by atoms with van der Waals surface area (Å²) in [4.78, 5) is 4.36. The van der Waals surface area contributed by atoms with Crippen LogP contribution in [-0.2, 0) is 0 Å². The maximum absolute atomic E-state index is 5.82. The van der Waals surface area contributed by atoms with E-state index in [-0.39, 0.29) is 0 Å². The predicted octanol–water partition coefficient (Wildman–Crippen LogP) is 6.49. The van der Waals surface area contributed by atoms with Crippen LogP contribution >= 0.6 is 11.6 Å². The highest BCUT2D eigenvalue weighted by Crippen LogP contribution is 2.19. The number of unbranched alkanes of at least 4 members (excludes halogenated alkanes) is 7. The van der Waals surface area contributed by atoms with Crippen LogP contribution in [-0.4, -0.2) is 10.9 Å². The number of pyridine rings is 1. The van der Waals surface area contributed by atoms with E-state index < -0.39 is 0 Å². The van der Waals surface area contributed by atoms with Gasteiger partial charge >= 0.3 is 0 Å². The van der Waals surface area contributed by atoms with Crippen LogP contribution in [0.15, 0.2) is 30.3 Å². The SMILES string of the molecule is CCCCCCCCCCCl.Cc1cc(N)c2ccccc2n1. The second kappa shape index (κ2) is 12.2. The van der Waals surface area contributed by atoms with Crippen LogP contribution in [0.3, 0.4) is 0 Å². The van der Waals surface area contributed by atoms with Crippen LogP contribution in [0.25, 0.3) is 10.9 Å². The summed E-state index contributed by atoms with van der Waals surface area (Å²) in [5, 5.41) is 1.03. The van der Waals surface area contributed by atoms with Gasteiger partial charge < -0.3 is 5.73 Å². The molecule has 1 aromatic heterocycles. The molecule has 0 aliphatic carbocycles. The number of hydrogen-bond donors (Lipinski definition) is 1. The Morgan fingerprint density at radius 2 is 1.57 bits per heavy atom. The summed E-state index contributed by atoms with van der Waals surface area (Å²) < 4.78 is 0. The Bertz CT molecular complexity index is 546. The van der Waals surface area contributed by atoms with E-state index in [2.05, 4.69) is 11.9 Å². The molecule has 0 fully saturated rings. The van der Waals surface area contributed by atoms with Gasteiger partial charge in [0.2, 0.25) is 0 Å². The molecule has 0 unspecified atom stereocenters. The van der Waals surface area contributed by atoms with Crippen molar-refractivity contribution in [2.45, 2.75) is 65.2 Å². The third-order valence-corrected chi connectivity index (χ3v) is 4.13. The van der Waals surface area contributed by atoms with E-state index in [4.69, 9.17) is 17.3 Å². The van der Waals surface area contributed by atoms with Crippen LogP contribution in [0.5, 0.6) is 0 Å². The van der Waals surface area contributed by atoms with Gasteiger partial charge in [-0.05, 0) is 25.5 Å². The highest BCUT2D eigenvalue weighted by atomic mass is 35.5. The number of nitrogens with two attached hydrogens (primary N) is 1. The maximum atomic E-state index is 5.82. The average molecular weight is 335 g/mol. The van der Waals surface area contributed by atoms with E-state index >= 15 is 0 Å². The zero-order valence-electron chi connectivity index (χ0n) is 14.7. The molecule has 0 saturated carbocycles. The molecule has 0 saturated heterocycles. The zero-order valence-corrected chi connectivity index (χ0v) is 15.4. The van der Waals surface area contributed by atoms with Gasteiger partial charge in [0.05, 0.1) is 5.52 Å². The van der Waals surface area contributed by atoms with Crippen molar-refractivity contribution in [3.8, 4) is 0 Å². The van der Waals surface area contributed by atoms with Crippen molar-refractivity contribution in [2.75, 3.05) is 11.6 Å². The monoisotopic (exact) mass is 334 g/mol. The van der Waals surface area contributed by atoms with Crippen molar-refractivity contribution in [2.24, 2.45) is 0 Å². The molecular weight excluding hydrogens is 304 g/mol. The first kappa shape index (κ1) is 19.8. The van der Waals surface area contributed by atoms with E-state index in [0.717, 1.165) is 28.2 Å². The number of anilines is 1. The Morgan fingerprint density at radius 1 is 0.957 bits per heavy atom. The molecule has 23 heavy (non-hydrogen) atoms. The minimum Gasteiger partial charge on any atom is -0.398 e. The molecule has 0 radical (unpaired) electrons. The number of aromatic nitrogens is 1. The number of fused-ring (bicyclic) bond motifs is 1. The first-order valence-corrected chi connectivity index (χ1v) is 9.40. The smallest absolute Gasteiger partial charge is 0.0725 e. The summed E-state index contributed by atoms with van der Waals surface area (Å²) >= 11 is 5.56. The maximum Gasteiger partial charge on any atom is 0.0725 e. The van der Waals surface area contributed by atoms with Gasteiger partial charge in [0, 0.05) is 22.6 Å². The predicted molar refractivity (Wildman–Crippen MR) is 104 cm³/mol. The average Bonchev–Trinajstić information content (AvgIpc) is 2.55. The number of benzene rings is 1. The van der Waals surface area contributed by atoms with Crippen LogP contribution in [0.2, 0.25) is 0 Å². The lowest BCUT2D eigenvalue weighted by Gasteiger charge is -2.01. The summed E-state index contributed by atoms with van der Waals surface area (Å²) in [7, 11) is 0. The summed E-state index contributed by atoms with van der Waals surface area (Å²) in [5.41, 5.74) is 8.55. The quantitative estimate of drug-likeness (QED) is 0.442. The van der Waals surface area contributed by atoms with Gasteiger partial charge in [-0.3, -0.25) is 4.98 Å². The number of aryl methyl sites for hydroxylation is 1. The fourth-order valence-electron chi connectivity index (χ4n) is 2.57. The molecule has 0 atom stereocenters. The Morgan fingerprint density at radius 3 is 2.22 bits per heavy atom. The second-order valence-corrected chi connectivity index (χ2v) is 6.41. The molecule has 1 aromatic carbocycles. The topological polar surface area (TPSA) is 38.9 Å². The van der Waals surface area contributed by atoms with E-state index in [1.807, 2.05) is 37.3 Å². The second-order valence-electron chi connectivity index (χ2n) is 6.03. The molecule has 0 spiro atoms. The van der Waals surface area contributed by atoms with Crippen molar-refractivity contribution >= 4 is 28.2 Å². The molecule has 2 aromatic rings. The van der Waals surface area contributed by atoms with Gasteiger partial charge in [0.1, 0.15) is 0 Å². The van der Waals surface area contributed by atoms with Gasteiger partial charge in [-0.2, -0.15) is 0 Å². The zero-order chi connectivity index (χ0) is 16.9. The van der Waals surface area contributed by atoms with Crippen LogP contribution < -0.4 is 5.73 Å². The molecule has 0 amide bonds. The van der Waals surface area contributed by atoms with Crippen molar-refractivity contribution in [1.82, 2.24) is 4.98 Å². The lowest BCUT2D eigenvalue weighted by atomic mass is 10.1. The van der Waals surface area contributed by atoms with Gasteiger partial charge in [0.15, 0.2) is 0 Å². The van der Waals surface area contributed by atoms with Gasteiger partial charge in [-0.1, -0.05) is 70.1 Å².